The van der Waals surface area contributed by atoms with Gasteiger partial charge in [0.25, 0.3) is 0 Å². The normalized spacial score (nSPS) is 53.6. The van der Waals surface area contributed by atoms with Crippen LogP contribution in [-0.2, 0) is 9.59 Å². The number of alkyl halides is 4. The minimum absolute atomic E-state index is 0.101. The minimum Gasteiger partial charge on any atom is -0.296 e. The molecule has 144 valence electrons. The Morgan fingerprint density at radius 3 is 2.54 bits per heavy atom. The summed E-state index contributed by atoms with van der Waals surface area (Å²) >= 11 is 11.2. The molecule has 26 heavy (non-hydrogen) atoms. The van der Waals surface area contributed by atoms with Crippen LogP contribution in [0.1, 0.15) is 46.0 Å². The molecule has 0 aromatic rings. The fourth-order valence-corrected chi connectivity index (χ4v) is 8.97. The summed E-state index contributed by atoms with van der Waals surface area (Å²) in [5.74, 6) is 0.752. The predicted octanol–water partition coefficient (Wildman–Crippen LogP) is 5.55. The van der Waals surface area contributed by atoms with Gasteiger partial charge in [0, 0.05) is 10.7 Å². The molecule has 3 unspecified atom stereocenters. The lowest BCUT2D eigenvalue weighted by atomic mass is 9.45. The Morgan fingerprint density at radius 2 is 1.88 bits per heavy atom. The molecule has 0 radical (unpaired) electrons. The molecule has 3 saturated carbocycles. The van der Waals surface area contributed by atoms with Crippen molar-refractivity contribution >= 4 is 59.4 Å². The zero-order chi connectivity index (χ0) is 19.1. The number of fused-ring (bicyclic) bond motifs is 5. The van der Waals surface area contributed by atoms with E-state index in [4.69, 9.17) is 0 Å². The summed E-state index contributed by atoms with van der Waals surface area (Å²) in [6.45, 7) is 4.27. The van der Waals surface area contributed by atoms with Crippen LogP contribution in [0.15, 0.2) is 11.6 Å². The van der Waals surface area contributed by atoms with Gasteiger partial charge in [-0.3, -0.25) is 9.59 Å². The summed E-state index contributed by atoms with van der Waals surface area (Å²) in [5.41, 5.74) is 0.561. The first-order chi connectivity index (χ1) is 12.1. The van der Waals surface area contributed by atoms with E-state index < -0.39 is 11.6 Å². The molecule has 4 rings (SSSR count). The van der Waals surface area contributed by atoms with Crippen LogP contribution in [0.25, 0.3) is 0 Å². The van der Waals surface area contributed by atoms with Gasteiger partial charge in [0.15, 0.2) is 17.7 Å². The van der Waals surface area contributed by atoms with Gasteiger partial charge in [0.2, 0.25) is 0 Å². The molecule has 0 aromatic carbocycles. The van der Waals surface area contributed by atoms with Crippen LogP contribution in [-0.4, -0.2) is 32.2 Å². The van der Waals surface area contributed by atoms with Crippen molar-refractivity contribution < 1.29 is 14.0 Å². The molecular weight excluding hydrogens is 531 g/mol. The molecule has 0 N–H and O–H groups in total. The highest BCUT2D eigenvalue weighted by molar-refractivity contribution is 9.12. The van der Waals surface area contributed by atoms with Crippen LogP contribution in [0.2, 0.25) is 0 Å². The number of allylic oxidation sites excluding steroid dienone is 1. The molecule has 4 aliphatic rings. The molecule has 0 saturated heterocycles. The Labute approximate surface area is 179 Å². The number of hydrogen-bond acceptors (Lipinski definition) is 2. The number of ketones is 2. The third-order valence-electron chi connectivity index (χ3n) is 8.02. The number of carbonyl (C=O) groups excluding carboxylic acids is 2. The molecule has 0 amide bonds. The number of rotatable bonds is 1. The summed E-state index contributed by atoms with van der Waals surface area (Å²) in [7, 11) is 0. The molecule has 2 nitrogen and oxygen atoms in total. The fraction of sp³-hybridized carbons (Fsp3) is 0.800. The predicted molar refractivity (Wildman–Crippen MR) is 111 cm³/mol. The molecule has 4 aliphatic carbocycles. The third kappa shape index (κ3) is 2.49. The summed E-state index contributed by atoms with van der Waals surface area (Å²) in [4.78, 5) is 24.8. The van der Waals surface area contributed by atoms with Crippen LogP contribution in [0.3, 0.4) is 0 Å². The Morgan fingerprint density at radius 1 is 1.19 bits per heavy atom. The first-order valence-electron chi connectivity index (χ1n) is 9.41. The standard InChI is InChI=1S/C20H24Br3FO2/c1-18-4-3-11-10(12(18)5-14(24)17(18)26)7-20(23,9-21)16-6-15(25)13(22)8-19(11,16)2/h6,10-14H,3-5,7-9H2,1-2H3/t10-,11+,12+,13?,14?,18+,19-,20?/m1/s1. The highest BCUT2D eigenvalue weighted by Crippen LogP contribution is 2.68. The van der Waals surface area contributed by atoms with Crippen LogP contribution in [0.4, 0.5) is 4.39 Å². The van der Waals surface area contributed by atoms with Crippen molar-refractivity contribution in [1.29, 1.82) is 0 Å². The van der Waals surface area contributed by atoms with Crippen molar-refractivity contribution in [3.05, 3.63) is 11.6 Å². The van der Waals surface area contributed by atoms with E-state index in [1.807, 2.05) is 13.0 Å². The summed E-state index contributed by atoms with van der Waals surface area (Å²) in [5, 5.41) is 0.710. The van der Waals surface area contributed by atoms with Crippen LogP contribution < -0.4 is 0 Å². The molecular formula is C20H24Br3FO2. The summed E-state index contributed by atoms with van der Waals surface area (Å²) in [6, 6.07) is 0. The molecule has 0 heterocycles. The number of Topliss-reactive ketones (excluding diaryl/α,β-unsaturated/α-hetero) is 1. The highest BCUT2D eigenvalue weighted by atomic mass is 79.9. The van der Waals surface area contributed by atoms with E-state index in [2.05, 4.69) is 54.7 Å². The Bertz CT molecular complexity index is 709. The van der Waals surface area contributed by atoms with Gasteiger partial charge in [-0.2, -0.15) is 0 Å². The van der Waals surface area contributed by atoms with E-state index in [-0.39, 0.29) is 32.1 Å². The Kier molecular flexibility index (Phi) is 4.73. The molecule has 0 bridgehead atoms. The number of hydrogen-bond donors (Lipinski definition) is 0. The maximum atomic E-state index is 14.4. The quantitative estimate of drug-likeness (QED) is 0.398. The third-order valence-corrected chi connectivity index (χ3v) is 11.5. The van der Waals surface area contributed by atoms with Gasteiger partial charge in [-0.25, -0.2) is 4.39 Å². The van der Waals surface area contributed by atoms with Crippen molar-refractivity contribution in [2.24, 2.45) is 28.6 Å². The zero-order valence-electron chi connectivity index (χ0n) is 15.0. The second-order valence-corrected chi connectivity index (χ2v) is 12.4. The smallest absolute Gasteiger partial charge is 0.173 e. The first kappa shape index (κ1) is 19.8. The summed E-state index contributed by atoms with van der Waals surface area (Å²) in [6.07, 6.45) is 4.24. The molecule has 0 aliphatic heterocycles. The Balaban J connectivity index is 1.82. The molecule has 0 spiro atoms. The van der Waals surface area contributed by atoms with E-state index in [1.54, 1.807) is 0 Å². The van der Waals surface area contributed by atoms with Crippen molar-refractivity contribution in [3.63, 3.8) is 0 Å². The van der Waals surface area contributed by atoms with E-state index >= 15 is 0 Å². The maximum absolute atomic E-state index is 14.4. The molecule has 6 heteroatoms. The van der Waals surface area contributed by atoms with E-state index in [9.17, 15) is 14.0 Å². The molecule has 0 aromatic heterocycles. The van der Waals surface area contributed by atoms with E-state index in [1.165, 1.54) is 5.57 Å². The lowest BCUT2D eigenvalue weighted by Crippen LogP contribution is -2.58. The number of carbonyl (C=O) groups is 2. The topological polar surface area (TPSA) is 34.1 Å². The Hall–Kier alpha value is 0.450. The lowest BCUT2D eigenvalue weighted by molar-refractivity contribution is -0.135. The minimum atomic E-state index is -1.31. The van der Waals surface area contributed by atoms with Gasteiger partial charge in [-0.1, -0.05) is 61.6 Å². The monoisotopic (exact) mass is 552 g/mol. The first-order valence-corrected chi connectivity index (χ1v) is 12.2. The lowest BCUT2D eigenvalue weighted by Gasteiger charge is -2.61. The van der Waals surface area contributed by atoms with Crippen LogP contribution >= 0.6 is 47.8 Å². The largest absolute Gasteiger partial charge is 0.296 e. The van der Waals surface area contributed by atoms with Gasteiger partial charge >= 0.3 is 0 Å². The van der Waals surface area contributed by atoms with Gasteiger partial charge in [0.1, 0.15) is 0 Å². The van der Waals surface area contributed by atoms with Gasteiger partial charge in [-0.15, -0.1) is 0 Å². The maximum Gasteiger partial charge on any atom is 0.173 e. The zero-order valence-corrected chi connectivity index (χ0v) is 19.8. The molecule has 8 atom stereocenters. The molecule has 3 fully saturated rings. The summed E-state index contributed by atoms with van der Waals surface area (Å²) < 4.78 is 14.1. The second kappa shape index (κ2) is 6.22. The van der Waals surface area contributed by atoms with Crippen LogP contribution in [0.5, 0.6) is 0 Å². The van der Waals surface area contributed by atoms with Gasteiger partial charge in [0.05, 0.1) is 9.15 Å². The second-order valence-electron chi connectivity index (χ2n) is 9.25. The fourth-order valence-electron chi connectivity index (χ4n) is 6.69. The van der Waals surface area contributed by atoms with E-state index in [0.717, 1.165) is 25.7 Å². The van der Waals surface area contributed by atoms with Gasteiger partial charge in [-0.05, 0) is 66.9 Å². The van der Waals surface area contributed by atoms with Crippen molar-refractivity contribution in [3.8, 4) is 0 Å². The highest BCUT2D eigenvalue weighted by Gasteiger charge is 2.65. The van der Waals surface area contributed by atoms with Crippen molar-refractivity contribution in [2.45, 2.75) is 61.3 Å². The van der Waals surface area contributed by atoms with E-state index in [0.29, 0.717) is 23.6 Å². The SMILES string of the molecule is C[C@]12CC(Br)C(=O)C=C1C(Br)(CBr)C[C@@H]1[C@@H]2CC[C@]2(C)C(=O)C(F)C[C@@H]12. The van der Waals surface area contributed by atoms with Crippen molar-refractivity contribution in [2.75, 3.05) is 5.33 Å². The van der Waals surface area contributed by atoms with Crippen molar-refractivity contribution in [1.82, 2.24) is 0 Å². The average molecular weight is 555 g/mol. The average Bonchev–Trinajstić information content (AvgIpc) is 2.81. The number of halogens is 4. The van der Waals surface area contributed by atoms with Gasteiger partial charge < -0.3 is 0 Å². The van der Waals surface area contributed by atoms with Crippen LogP contribution in [0, 0.1) is 28.6 Å².